The molecule has 4 heteroatoms. The van der Waals surface area contributed by atoms with Crippen LogP contribution in [0.15, 0.2) is 18.2 Å². The summed E-state index contributed by atoms with van der Waals surface area (Å²) in [5.74, 6) is -0.995. The molecule has 2 unspecified atom stereocenters. The van der Waals surface area contributed by atoms with Crippen LogP contribution in [0, 0.1) is 11.6 Å². The number of halogens is 2. The number of hydrogen-bond acceptors (Lipinski definition) is 2. The smallest absolute Gasteiger partial charge is 0.126 e. The third-order valence-corrected chi connectivity index (χ3v) is 4.35. The van der Waals surface area contributed by atoms with Gasteiger partial charge in [-0.15, -0.1) is 0 Å². The molecule has 2 aliphatic heterocycles. The first-order chi connectivity index (χ1) is 9.22. The highest BCUT2D eigenvalue weighted by Gasteiger charge is 2.34. The Morgan fingerprint density at radius 2 is 1.84 bits per heavy atom. The first kappa shape index (κ1) is 13.0. The SMILES string of the molecule is Fc1cc(F)cc(CNC2CCN3CCCCC23)c1. The molecule has 3 rings (SSSR count). The van der Waals surface area contributed by atoms with Gasteiger partial charge in [-0.3, -0.25) is 4.90 Å². The van der Waals surface area contributed by atoms with Crippen LogP contribution >= 0.6 is 0 Å². The average Bonchev–Trinajstić information content (AvgIpc) is 2.78. The van der Waals surface area contributed by atoms with Crippen LogP contribution in [0.5, 0.6) is 0 Å². The van der Waals surface area contributed by atoms with Gasteiger partial charge in [-0.2, -0.15) is 0 Å². The number of nitrogens with zero attached hydrogens (tertiary/aromatic N) is 1. The lowest BCUT2D eigenvalue weighted by Crippen LogP contribution is -2.44. The van der Waals surface area contributed by atoms with E-state index in [1.807, 2.05) is 0 Å². The molecule has 0 amide bonds. The van der Waals surface area contributed by atoms with Crippen LogP contribution in [0.25, 0.3) is 0 Å². The maximum absolute atomic E-state index is 13.1. The van der Waals surface area contributed by atoms with Crippen LogP contribution in [-0.4, -0.2) is 30.1 Å². The first-order valence-corrected chi connectivity index (χ1v) is 7.15. The molecule has 2 fully saturated rings. The maximum Gasteiger partial charge on any atom is 0.126 e. The molecule has 19 heavy (non-hydrogen) atoms. The van der Waals surface area contributed by atoms with Crippen LogP contribution in [0.4, 0.5) is 8.78 Å². The molecule has 2 atom stereocenters. The lowest BCUT2D eigenvalue weighted by atomic mass is 9.99. The van der Waals surface area contributed by atoms with E-state index < -0.39 is 11.6 Å². The number of fused-ring (bicyclic) bond motifs is 1. The van der Waals surface area contributed by atoms with E-state index >= 15 is 0 Å². The summed E-state index contributed by atoms with van der Waals surface area (Å²) in [6, 6.07) is 4.81. The molecule has 2 heterocycles. The van der Waals surface area contributed by atoms with Gasteiger partial charge in [0.15, 0.2) is 0 Å². The second-order valence-electron chi connectivity index (χ2n) is 5.65. The zero-order valence-electron chi connectivity index (χ0n) is 11.0. The lowest BCUT2D eigenvalue weighted by molar-refractivity contribution is 0.180. The summed E-state index contributed by atoms with van der Waals surface area (Å²) in [7, 11) is 0. The van der Waals surface area contributed by atoms with Crippen molar-refractivity contribution >= 4 is 0 Å². The Labute approximate surface area is 112 Å². The van der Waals surface area contributed by atoms with E-state index in [0.29, 0.717) is 24.2 Å². The van der Waals surface area contributed by atoms with E-state index in [-0.39, 0.29) is 0 Å². The van der Waals surface area contributed by atoms with Crippen molar-refractivity contribution in [3.63, 3.8) is 0 Å². The van der Waals surface area contributed by atoms with Gasteiger partial charge >= 0.3 is 0 Å². The summed E-state index contributed by atoms with van der Waals surface area (Å²) in [6.45, 7) is 2.90. The predicted molar refractivity (Wildman–Crippen MR) is 70.8 cm³/mol. The van der Waals surface area contributed by atoms with Crippen molar-refractivity contribution in [2.75, 3.05) is 13.1 Å². The number of hydrogen-bond donors (Lipinski definition) is 1. The monoisotopic (exact) mass is 266 g/mol. The number of nitrogens with one attached hydrogen (secondary N) is 1. The van der Waals surface area contributed by atoms with Crippen LogP contribution < -0.4 is 5.32 Å². The molecular formula is C15H20F2N2. The van der Waals surface area contributed by atoms with Gasteiger partial charge in [0.1, 0.15) is 11.6 Å². The highest BCUT2D eigenvalue weighted by atomic mass is 19.1. The standard InChI is InChI=1S/C15H20F2N2/c16-12-7-11(8-13(17)9-12)10-18-14-4-6-19-5-2-1-3-15(14)19/h7-9,14-15,18H,1-6,10H2. The molecule has 2 nitrogen and oxygen atoms in total. The van der Waals surface area contributed by atoms with Crippen LogP contribution in [0.3, 0.4) is 0 Å². The third kappa shape index (κ3) is 2.95. The second kappa shape index (κ2) is 5.55. The Balaban J connectivity index is 1.60. The molecule has 1 aromatic carbocycles. The van der Waals surface area contributed by atoms with Crippen LogP contribution in [0.2, 0.25) is 0 Å². The fourth-order valence-corrected chi connectivity index (χ4v) is 3.45. The molecule has 1 aromatic rings. The number of benzene rings is 1. The topological polar surface area (TPSA) is 15.3 Å². The second-order valence-corrected chi connectivity index (χ2v) is 5.65. The minimum atomic E-state index is -0.498. The summed E-state index contributed by atoms with van der Waals surface area (Å²) < 4.78 is 26.2. The maximum atomic E-state index is 13.1. The summed E-state index contributed by atoms with van der Waals surface area (Å²) in [5, 5.41) is 3.48. The van der Waals surface area contributed by atoms with Gasteiger partial charge in [-0.05, 0) is 43.5 Å². The van der Waals surface area contributed by atoms with E-state index in [1.165, 1.54) is 37.9 Å². The number of piperidine rings is 1. The molecule has 2 saturated heterocycles. The summed E-state index contributed by atoms with van der Waals surface area (Å²) in [5.41, 5.74) is 0.687. The van der Waals surface area contributed by atoms with Gasteiger partial charge in [-0.1, -0.05) is 6.42 Å². The molecule has 0 aliphatic carbocycles. The molecule has 0 aromatic heterocycles. The van der Waals surface area contributed by atoms with Gasteiger partial charge in [0, 0.05) is 31.2 Å². The van der Waals surface area contributed by atoms with Crippen molar-refractivity contribution in [3.8, 4) is 0 Å². The Morgan fingerprint density at radius 3 is 2.63 bits per heavy atom. The normalized spacial score (nSPS) is 27.5. The molecule has 1 N–H and O–H groups in total. The summed E-state index contributed by atoms with van der Waals surface area (Å²) >= 11 is 0. The first-order valence-electron chi connectivity index (χ1n) is 7.15. The van der Waals surface area contributed by atoms with Gasteiger partial charge in [0.05, 0.1) is 0 Å². The Morgan fingerprint density at radius 1 is 1.05 bits per heavy atom. The molecule has 104 valence electrons. The van der Waals surface area contributed by atoms with E-state index in [4.69, 9.17) is 0 Å². The van der Waals surface area contributed by atoms with Gasteiger partial charge in [0.25, 0.3) is 0 Å². The summed E-state index contributed by atoms with van der Waals surface area (Å²) in [6.07, 6.45) is 4.99. The summed E-state index contributed by atoms with van der Waals surface area (Å²) in [4.78, 5) is 2.55. The largest absolute Gasteiger partial charge is 0.308 e. The Bertz CT molecular complexity index is 430. The predicted octanol–water partition coefficient (Wildman–Crippen LogP) is 2.68. The van der Waals surface area contributed by atoms with E-state index in [9.17, 15) is 8.78 Å². The molecule has 0 bridgehead atoms. The van der Waals surface area contributed by atoms with Gasteiger partial charge in [-0.25, -0.2) is 8.78 Å². The minimum Gasteiger partial charge on any atom is -0.308 e. The molecule has 2 aliphatic rings. The van der Waals surface area contributed by atoms with Crippen LogP contribution in [-0.2, 0) is 6.54 Å². The fraction of sp³-hybridized carbons (Fsp3) is 0.600. The molecular weight excluding hydrogens is 246 g/mol. The fourth-order valence-electron chi connectivity index (χ4n) is 3.45. The Hall–Kier alpha value is -1.00. The zero-order valence-corrected chi connectivity index (χ0v) is 11.0. The minimum absolute atomic E-state index is 0.464. The van der Waals surface area contributed by atoms with E-state index in [1.54, 1.807) is 0 Å². The van der Waals surface area contributed by atoms with E-state index in [0.717, 1.165) is 19.0 Å². The van der Waals surface area contributed by atoms with Crippen molar-refractivity contribution in [2.24, 2.45) is 0 Å². The van der Waals surface area contributed by atoms with Gasteiger partial charge in [0.2, 0.25) is 0 Å². The van der Waals surface area contributed by atoms with Crippen molar-refractivity contribution in [1.29, 1.82) is 0 Å². The number of rotatable bonds is 3. The molecule has 0 spiro atoms. The van der Waals surface area contributed by atoms with Crippen molar-refractivity contribution in [1.82, 2.24) is 10.2 Å². The average molecular weight is 266 g/mol. The van der Waals surface area contributed by atoms with Crippen molar-refractivity contribution in [2.45, 2.75) is 44.3 Å². The highest BCUT2D eigenvalue weighted by Crippen LogP contribution is 2.27. The lowest BCUT2D eigenvalue weighted by Gasteiger charge is -2.32. The van der Waals surface area contributed by atoms with E-state index in [2.05, 4.69) is 10.2 Å². The molecule has 0 radical (unpaired) electrons. The molecule has 0 saturated carbocycles. The van der Waals surface area contributed by atoms with Gasteiger partial charge < -0.3 is 5.32 Å². The highest BCUT2D eigenvalue weighted by molar-refractivity contribution is 5.18. The zero-order chi connectivity index (χ0) is 13.2. The van der Waals surface area contributed by atoms with Crippen molar-refractivity contribution < 1.29 is 8.78 Å². The Kier molecular flexibility index (Phi) is 3.80. The third-order valence-electron chi connectivity index (χ3n) is 4.35. The van der Waals surface area contributed by atoms with Crippen LogP contribution in [0.1, 0.15) is 31.2 Å². The quantitative estimate of drug-likeness (QED) is 0.905. The van der Waals surface area contributed by atoms with Crippen molar-refractivity contribution in [3.05, 3.63) is 35.4 Å².